The number of thiophene rings is 1. The molecule has 0 spiro atoms. The second kappa shape index (κ2) is 6.53. The smallest absolute Gasteiger partial charge is 0.318 e. The van der Waals surface area contributed by atoms with Crippen LogP contribution in [0.5, 0.6) is 0 Å². The Labute approximate surface area is 157 Å². The molecule has 3 amide bonds. The molecule has 0 aromatic carbocycles. The predicted molar refractivity (Wildman–Crippen MR) is 97.7 cm³/mol. The predicted octanol–water partition coefficient (Wildman–Crippen LogP) is 1.67. The van der Waals surface area contributed by atoms with Crippen LogP contribution in [0.4, 0.5) is 4.79 Å². The maximum absolute atomic E-state index is 12.5. The molecule has 26 heavy (non-hydrogen) atoms. The van der Waals surface area contributed by atoms with Crippen LogP contribution in [0.3, 0.4) is 0 Å². The molecule has 1 saturated heterocycles. The van der Waals surface area contributed by atoms with Crippen molar-refractivity contribution in [3.8, 4) is 0 Å². The normalized spacial score (nSPS) is 27.8. The SMILES string of the molecule is C[C@H]1C[C@H](NC(=O)N2CC(NC(=O)C3CCC3)C2)c2ccsc2S1(=O)=O. The highest BCUT2D eigenvalue weighted by atomic mass is 32.2. The summed E-state index contributed by atoms with van der Waals surface area (Å²) in [5.41, 5.74) is 0.691. The van der Waals surface area contributed by atoms with Gasteiger partial charge in [-0.1, -0.05) is 6.42 Å². The summed E-state index contributed by atoms with van der Waals surface area (Å²) in [4.78, 5) is 26.1. The number of rotatable bonds is 3. The summed E-state index contributed by atoms with van der Waals surface area (Å²) in [7, 11) is -3.28. The van der Waals surface area contributed by atoms with E-state index in [2.05, 4.69) is 10.6 Å². The summed E-state index contributed by atoms with van der Waals surface area (Å²) in [6, 6.07) is 1.32. The Bertz CT molecular complexity index is 825. The van der Waals surface area contributed by atoms with Gasteiger partial charge in [0, 0.05) is 24.6 Å². The lowest BCUT2D eigenvalue weighted by Crippen LogP contribution is -2.64. The fourth-order valence-electron chi connectivity index (χ4n) is 3.67. The van der Waals surface area contributed by atoms with Gasteiger partial charge in [-0.05, 0) is 37.6 Å². The van der Waals surface area contributed by atoms with Gasteiger partial charge >= 0.3 is 6.03 Å². The van der Waals surface area contributed by atoms with Crippen molar-refractivity contribution >= 4 is 33.1 Å². The van der Waals surface area contributed by atoms with Crippen LogP contribution in [0.25, 0.3) is 0 Å². The van der Waals surface area contributed by atoms with E-state index in [4.69, 9.17) is 0 Å². The molecular weight excluding hydrogens is 374 g/mol. The third-order valence-corrected chi connectivity index (χ3v) is 9.39. The van der Waals surface area contributed by atoms with Gasteiger partial charge in [0.05, 0.1) is 17.3 Å². The van der Waals surface area contributed by atoms with E-state index in [1.807, 2.05) is 0 Å². The Morgan fingerprint density at radius 1 is 1.23 bits per heavy atom. The molecule has 0 bridgehead atoms. The highest BCUT2D eigenvalue weighted by Gasteiger charge is 2.40. The zero-order valence-corrected chi connectivity index (χ0v) is 16.2. The van der Waals surface area contributed by atoms with Crippen LogP contribution in [0.15, 0.2) is 15.7 Å². The summed E-state index contributed by atoms with van der Waals surface area (Å²) in [6.07, 6.45) is 3.44. The zero-order valence-electron chi connectivity index (χ0n) is 14.6. The highest BCUT2D eigenvalue weighted by molar-refractivity contribution is 7.94. The fourth-order valence-corrected chi connectivity index (χ4v) is 6.90. The van der Waals surface area contributed by atoms with Crippen LogP contribution < -0.4 is 10.6 Å². The third-order valence-electron chi connectivity index (χ3n) is 5.68. The van der Waals surface area contributed by atoms with Crippen molar-refractivity contribution in [1.29, 1.82) is 0 Å². The van der Waals surface area contributed by atoms with Crippen molar-refractivity contribution in [2.24, 2.45) is 5.92 Å². The molecule has 1 aromatic heterocycles. The van der Waals surface area contributed by atoms with Crippen molar-refractivity contribution in [3.63, 3.8) is 0 Å². The quantitative estimate of drug-likeness (QED) is 0.811. The first-order valence-corrected chi connectivity index (χ1v) is 11.5. The molecule has 2 atom stereocenters. The Balaban J connectivity index is 1.33. The summed E-state index contributed by atoms with van der Waals surface area (Å²) in [5.74, 6) is 0.260. The van der Waals surface area contributed by atoms with E-state index in [0.29, 0.717) is 29.3 Å². The lowest BCUT2D eigenvalue weighted by atomic mass is 9.84. The Morgan fingerprint density at radius 2 is 1.96 bits per heavy atom. The molecule has 1 aliphatic carbocycles. The van der Waals surface area contributed by atoms with Crippen LogP contribution in [-0.4, -0.2) is 49.6 Å². The number of sulfone groups is 1. The first-order chi connectivity index (χ1) is 12.4. The summed E-state index contributed by atoms with van der Waals surface area (Å²) in [5, 5.41) is 7.21. The van der Waals surface area contributed by atoms with Gasteiger partial charge in [-0.15, -0.1) is 11.3 Å². The summed E-state index contributed by atoms with van der Waals surface area (Å²) in [6.45, 7) is 2.69. The van der Waals surface area contributed by atoms with Crippen LogP contribution in [-0.2, 0) is 14.6 Å². The second-order valence-corrected chi connectivity index (χ2v) is 11.0. The summed E-state index contributed by atoms with van der Waals surface area (Å²) < 4.78 is 25.1. The van der Waals surface area contributed by atoms with E-state index in [1.54, 1.807) is 23.3 Å². The minimum absolute atomic E-state index is 0.0243. The second-order valence-electron chi connectivity index (χ2n) is 7.50. The molecule has 2 fully saturated rings. The fraction of sp³-hybridized carbons (Fsp3) is 0.647. The number of hydrogen-bond acceptors (Lipinski definition) is 5. The number of carbonyl (C=O) groups excluding carboxylic acids is 2. The molecule has 1 saturated carbocycles. The first-order valence-electron chi connectivity index (χ1n) is 9.03. The van der Waals surface area contributed by atoms with Crippen molar-refractivity contribution in [2.45, 2.75) is 54.1 Å². The van der Waals surface area contributed by atoms with E-state index in [0.717, 1.165) is 19.3 Å². The van der Waals surface area contributed by atoms with Crippen LogP contribution in [0.1, 0.15) is 44.2 Å². The van der Waals surface area contributed by atoms with Crippen molar-refractivity contribution in [3.05, 3.63) is 17.0 Å². The molecule has 9 heteroatoms. The van der Waals surface area contributed by atoms with E-state index >= 15 is 0 Å². The number of amides is 3. The zero-order chi connectivity index (χ0) is 18.5. The Kier molecular flexibility index (Phi) is 4.46. The summed E-state index contributed by atoms with van der Waals surface area (Å²) >= 11 is 1.21. The van der Waals surface area contributed by atoms with Crippen LogP contribution in [0, 0.1) is 5.92 Å². The number of hydrogen-bond donors (Lipinski definition) is 2. The number of carbonyl (C=O) groups is 2. The van der Waals surface area contributed by atoms with Crippen LogP contribution >= 0.6 is 11.3 Å². The van der Waals surface area contributed by atoms with E-state index < -0.39 is 15.1 Å². The lowest BCUT2D eigenvalue weighted by Gasteiger charge is -2.41. The number of fused-ring (bicyclic) bond motifs is 1. The third kappa shape index (κ3) is 3.00. The largest absolute Gasteiger partial charge is 0.350 e. The molecule has 2 aliphatic heterocycles. The number of nitrogens with one attached hydrogen (secondary N) is 2. The monoisotopic (exact) mass is 397 g/mol. The molecule has 2 N–H and O–H groups in total. The van der Waals surface area contributed by atoms with Crippen molar-refractivity contribution in [2.75, 3.05) is 13.1 Å². The maximum Gasteiger partial charge on any atom is 0.318 e. The van der Waals surface area contributed by atoms with E-state index in [1.165, 1.54) is 11.3 Å². The van der Waals surface area contributed by atoms with Gasteiger partial charge in [0.15, 0.2) is 9.84 Å². The number of urea groups is 1. The standard InChI is InChI=1S/C17H23N3O4S2/c1-10-7-14(13-5-6-25-16(13)26(10,23)24)19-17(22)20-8-12(9-20)18-15(21)11-3-2-4-11/h5-6,10-12,14H,2-4,7-9H2,1H3,(H,18,21)(H,19,22)/t10-,14-/m0/s1. The van der Waals surface area contributed by atoms with Crippen molar-refractivity contribution < 1.29 is 18.0 Å². The molecule has 1 aromatic rings. The Morgan fingerprint density at radius 3 is 2.62 bits per heavy atom. The molecule has 3 aliphatic rings. The van der Waals surface area contributed by atoms with E-state index in [-0.39, 0.29) is 29.9 Å². The Hall–Kier alpha value is -1.61. The minimum Gasteiger partial charge on any atom is -0.350 e. The molecule has 0 unspecified atom stereocenters. The molecule has 142 valence electrons. The van der Waals surface area contributed by atoms with Gasteiger partial charge in [0.1, 0.15) is 4.21 Å². The number of nitrogens with zero attached hydrogens (tertiary/aromatic N) is 1. The molecular formula is C17H23N3O4S2. The maximum atomic E-state index is 12.5. The van der Waals surface area contributed by atoms with Crippen LogP contribution in [0.2, 0.25) is 0 Å². The van der Waals surface area contributed by atoms with Gasteiger partial charge in [-0.3, -0.25) is 4.79 Å². The van der Waals surface area contributed by atoms with Gasteiger partial charge in [-0.25, -0.2) is 13.2 Å². The highest BCUT2D eigenvalue weighted by Crippen LogP contribution is 2.39. The van der Waals surface area contributed by atoms with Gasteiger partial charge in [0.2, 0.25) is 5.91 Å². The number of likely N-dealkylation sites (tertiary alicyclic amines) is 1. The van der Waals surface area contributed by atoms with E-state index in [9.17, 15) is 18.0 Å². The molecule has 7 nitrogen and oxygen atoms in total. The minimum atomic E-state index is -3.28. The topological polar surface area (TPSA) is 95.6 Å². The average Bonchev–Trinajstić information content (AvgIpc) is 2.97. The molecule has 3 heterocycles. The van der Waals surface area contributed by atoms with Gasteiger partial charge < -0.3 is 15.5 Å². The van der Waals surface area contributed by atoms with Gasteiger partial charge in [0.25, 0.3) is 0 Å². The van der Waals surface area contributed by atoms with Gasteiger partial charge in [-0.2, -0.15) is 0 Å². The first kappa shape index (κ1) is 17.8. The van der Waals surface area contributed by atoms with Crippen molar-refractivity contribution in [1.82, 2.24) is 15.5 Å². The molecule has 4 rings (SSSR count). The molecule has 0 radical (unpaired) electrons. The lowest BCUT2D eigenvalue weighted by molar-refractivity contribution is -0.129. The average molecular weight is 398 g/mol.